The molecule has 1 N–H and O–H groups in total. The molecule has 1 aromatic carbocycles. The number of nitrogens with zero attached hydrogens (tertiary/aromatic N) is 1. The average molecular weight is 260 g/mol. The second-order valence-corrected chi connectivity index (χ2v) is 5.22. The first-order valence-corrected chi connectivity index (χ1v) is 6.71. The van der Waals surface area contributed by atoms with E-state index in [1.165, 1.54) is 0 Å². The van der Waals surface area contributed by atoms with E-state index >= 15 is 0 Å². The van der Waals surface area contributed by atoms with Gasteiger partial charge in [0, 0.05) is 12.6 Å². The average Bonchev–Trinajstić information content (AvgIpc) is 2.60. The number of Topliss-reactive ketones (excluding diaryl/α,β-unsaturated/α-hetero) is 1. The quantitative estimate of drug-likeness (QED) is 0.650. The predicted molar refractivity (Wildman–Crippen MR) is 75.6 cm³/mol. The monoisotopic (exact) mass is 260 g/mol. The lowest BCUT2D eigenvalue weighted by Gasteiger charge is -2.18. The van der Waals surface area contributed by atoms with Crippen LogP contribution in [0.5, 0.6) is 0 Å². The smallest absolute Gasteiger partial charge is 0.299 e. The molecule has 0 fully saturated rings. The van der Waals surface area contributed by atoms with Gasteiger partial charge in [-0.05, 0) is 31.5 Å². The molecule has 19 heavy (non-hydrogen) atoms. The van der Waals surface area contributed by atoms with E-state index in [4.69, 9.17) is 0 Å². The van der Waals surface area contributed by atoms with Gasteiger partial charge in [-0.3, -0.25) is 9.59 Å². The number of hydrogen-bond acceptors (Lipinski definition) is 3. The number of para-hydroxylation sites is 1. The molecule has 0 unspecified atom stereocenters. The van der Waals surface area contributed by atoms with Gasteiger partial charge >= 0.3 is 0 Å². The van der Waals surface area contributed by atoms with Gasteiger partial charge in [0.05, 0.1) is 11.3 Å². The van der Waals surface area contributed by atoms with E-state index in [2.05, 4.69) is 19.2 Å². The van der Waals surface area contributed by atoms with Crippen molar-refractivity contribution in [2.24, 2.45) is 0 Å². The summed E-state index contributed by atoms with van der Waals surface area (Å²) >= 11 is 0. The van der Waals surface area contributed by atoms with Crippen molar-refractivity contribution in [1.82, 2.24) is 5.32 Å². The molecule has 0 spiro atoms. The SMILES string of the molecule is Cc1cccc2c1N(CCCNC(C)C)C(=O)C2=O. The maximum Gasteiger partial charge on any atom is 0.299 e. The van der Waals surface area contributed by atoms with Crippen molar-refractivity contribution in [1.29, 1.82) is 0 Å². The number of hydrogen-bond donors (Lipinski definition) is 1. The Balaban J connectivity index is 2.10. The van der Waals surface area contributed by atoms with Crippen LogP contribution >= 0.6 is 0 Å². The van der Waals surface area contributed by atoms with E-state index in [-0.39, 0.29) is 5.78 Å². The van der Waals surface area contributed by atoms with Gasteiger partial charge in [0.15, 0.2) is 0 Å². The van der Waals surface area contributed by atoms with E-state index < -0.39 is 5.91 Å². The van der Waals surface area contributed by atoms with Crippen LogP contribution in [0.15, 0.2) is 18.2 Å². The van der Waals surface area contributed by atoms with Crippen molar-refractivity contribution in [3.05, 3.63) is 29.3 Å². The van der Waals surface area contributed by atoms with Crippen LogP contribution in [0.4, 0.5) is 5.69 Å². The summed E-state index contributed by atoms with van der Waals surface area (Å²) in [4.78, 5) is 25.5. The van der Waals surface area contributed by atoms with Crippen molar-refractivity contribution >= 4 is 17.4 Å². The molecule has 102 valence electrons. The van der Waals surface area contributed by atoms with Gasteiger partial charge < -0.3 is 10.2 Å². The third-order valence-electron chi connectivity index (χ3n) is 3.30. The summed E-state index contributed by atoms with van der Waals surface area (Å²) < 4.78 is 0. The highest BCUT2D eigenvalue weighted by Gasteiger charge is 2.36. The van der Waals surface area contributed by atoms with Crippen LogP contribution in [0.2, 0.25) is 0 Å². The molecule has 0 saturated carbocycles. The molecule has 0 aromatic heterocycles. The van der Waals surface area contributed by atoms with Gasteiger partial charge in [-0.15, -0.1) is 0 Å². The summed E-state index contributed by atoms with van der Waals surface area (Å²) in [6, 6.07) is 5.92. The number of rotatable bonds is 5. The number of carbonyl (C=O) groups excluding carboxylic acids is 2. The number of carbonyl (C=O) groups is 2. The molecule has 1 amide bonds. The van der Waals surface area contributed by atoms with E-state index in [0.29, 0.717) is 18.2 Å². The number of nitrogens with one attached hydrogen (secondary N) is 1. The Bertz CT molecular complexity index is 509. The van der Waals surface area contributed by atoms with Crippen molar-refractivity contribution in [3.63, 3.8) is 0 Å². The van der Waals surface area contributed by atoms with Gasteiger partial charge in [0.2, 0.25) is 0 Å². The summed E-state index contributed by atoms with van der Waals surface area (Å²) in [5.74, 6) is -0.774. The minimum Gasteiger partial charge on any atom is -0.314 e. The predicted octanol–water partition coefficient (Wildman–Crippen LogP) is 1.91. The normalized spacial score (nSPS) is 14.4. The summed E-state index contributed by atoms with van der Waals surface area (Å²) in [5, 5.41) is 3.31. The van der Waals surface area contributed by atoms with Gasteiger partial charge in [-0.2, -0.15) is 0 Å². The van der Waals surface area contributed by atoms with Crippen LogP contribution in [-0.4, -0.2) is 30.8 Å². The Labute approximate surface area is 113 Å². The largest absolute Gasteiger partial charge is 0.314 e. The van der Waals surface area contributed by atoms with Gasteiger partial charge in [0.1, 0.15) is 0 Å². The van der Waals surface area contributed by atoms with Crippen LogP contribution in [-0.2, 0) is 4.79 Å². The first-order chi connectivity index (χ1) is 9.02. The topological polar surface area (TPSA) is 49.4 Å². The number of benzene rings is 1. The number of amides is 1. The minimum absolute atomic E-state index is 0.379. The molecule has 4 heteroatoms. The lowest BCUT2D eigenvalue weighted by Crippen LogP contribution is -2.33. The third kappa shape index (κ3) is 2.68. The zero-order chi connectivity index (χ0) is 14.0. The summed E-state index contributed by atoms with van der Waals surface area (Å²) in [6.07, 6.45) is 0.838. The molecule has 1 aromatic rings. The molecule has 1 aliphatic rings. The highest BCUT2D eigenvalue weighted by Crippen LogP contribution is 2.32. The van der Waals surface area contributed by atoms with Crippen LogP contribution in [0.25, 0.3) is 0 Å². The maximum absolute atomic E-state index is 12.0. The van der Waals surface area contributed by atoms with Crippen LogP contribution < -0.4 is 10.2 Å². The Morgan fingerprint density at radius 1 is 1.26 bits per heavy atom. The highest BCUT2D eigenvalue weighted by atomic mass is 16.2. The summed E-state index contributed by atoms with van der Waals surface area (Å²) in [5.41, 5.74) is 2.32. The summed E-state index contributed by atoms with van der Waals surface area (Å²) in [6.45, 7) is 7.54. The van der Waals surface area contributed by atoms with E-state index in [1.807, 2.05) is 19.1 Å². The molecule has 1 aliphatic heterocycles. The number of fused-ring (bicyclic) bond motifs is 1. The lowest BCUT2D eigenvalue weighted by molar-refractivity contribution is -0.114. The zero-order valence-corrected chi connectivity index (χ0v) is 11.7. The second-order valence-electron chi connectivity index (χ2n) is 5.22. The Morgan fingerprint density at radius 3 is 2.68 bits per heavy atom. The molecule has 0 saturated heterocycles. The van der Waals surface area contributed by atoms with E-state index in [0.717, 1.165) is 24.2 Å². The van der Waals surface area contributed by atoms with Crippen LogP contribution in [0, 0.1) is 6.92 Å². The minimum atomic E-state index is -0.395. The number of aryl methyl sites for hydroxylation is 1. The maximum atomic E-state index is 12.0. The highest BCUT2D eigenvalue weighted by molar-refractivity contribution is 6.52. The second kappa shape index (κ2) is 5.53. The standard InChI is InChI=1S/C15H20N2O2/c1-10(2)16-8-5-9-17-13-11(3)6-4-7-12(13)14(18)15(17)19/h4,6-7,10,16H,5,8-9H2,1-3H3. The number of ketones is 1. The van der Waals surface area contributed by atoms with Crippen molar-refractivity contribution < 1.29 is 9.59 Å². The third-order valence-corrected chi connectivity index (χ3v) is 3.30. The fourth-order valence-electron chi connectivity index (χ4n) is 2.38. The van der Waals surface area contributed by atoms with Gasteiger partial charge in [-0.1, -0.05) is 26.0 Å². The molecule has 0 radical (unpaired) electrons. The fourth-order valence-corrected chi connectivity index (χ4v) is 2.38. The number of anilines is 1. The van der Waals surface area contributed by atoms with Crippen LogP contribution in [0.3, 0.4) is 0 Å². The van der Waals surface area contributed by atoms with Crippen LogP contribution in [0.1, 0.15) is 36.2 Å². The molecule has 4 nitrogen and oxygen atoms in total. The zero-order valence-electron chi connectivity index (χ0n) is 11.7. The first kappa shape index (κ1) is 13.7. The molecular formula is C15H20N2O2. The molecule has 0 aliphatic carbocycles. The fraction of sp³-hybridized carbons (Fsp3) is 0.467. The molecule has 0 atom stereocenters. The van der Waals surface area contributed by atoms with E-state index in [1.54, 1.807) is 11.0 Å². The van der Waals surface area contributed by atoms with E-state index in [9.17, 15) is 9.59 Å². The van der Waals surface area contributed by atoms with Crippen molar-refractivity contribution in [2.75, 3.05) is 18.0 Å². The molecule has 2 rings (SSSR count). The first-order valence-electron chi connectivity index (χ1n) is 6.71. The Kier molecular flexibility index (Phi) is 4.00. The molecule has 1 heterocycles. The molecule has 0 bridgehead atoms. The Morgan fingerprint density at radius 2 is 2.00 bits per heavy atom. The van der Waals surface area contributed by atoms with Gasteiger partial charge in [0.25, 0.3) is 11.7 Å². The Hall–Kier alpha value is -1.68. The van der Waals surface area contributed by atoms with Crippen molar-refractivity contribution in [2.45, 2.75) is 33.2 Å². The van der Waals surface area contributed by atoms with Crippen molar-refractivity contribution in [3.8, 4) is 0 Å². The summed E-state index contributed by atoms with van der Waals surface area (Å²) in [7, 11) is 0. The van der Waals surface area contributed by atoms with Gasteiger partial charge in [-0.25, -0.2) is 0 Å². The lowest BCUT2D eigenvalue weighted by atomic mass is 10.1. The molecular weight excluding hydrogens is 240 g/mol.